The SMILES string of the molecule is COc1ccc(O[C@H]2C(=O)N(Cc3ccc4c(c3)OCO4)[C@@H]2c2cccs2)cc1. The number of amides is 1. The highest BCUT2D eigenvalue weighted by molar-refractivity contribution is 7.10. The van der Waals surface area contributed by atoms with Gasteiger partial charge in [0.15, 0.2) is 11.5 Å². The zero-order valence-electron chi connectivity index (χ0n) is 15.7. The number of benzene rings is 2. The van der Waals surface area contributed by atoms with Crippen LogP contribution in [-0.2, 0) is 11.3 Å². The van der Waals surface area contributed by atoms with Gasteiger partial charge in [-0.2, -0.15) is 0 Å². The number of hydrogen-bond acceptors (Lipinski definition) is 6. The molecule has 0 N–H and O–H groups in total. The molecule has 7 heteroatoms. The lowest BCUT2D eigenvalue weighted by Gasteiger charge is -2.46. The lowest BCUT2D eigenvalue weighted by Crippen LogP contribution is -2.60. The van der Waals surface area contributed by atoms with E-state index < -0.39 is 6.10 Å². The second-order valence-corrected chi connectivity index (χ2v) is 7.81. The average Bonchev–Trinajstić information content (AvgIpc) is 3.44. The summed E-state index contributed by atoms with van der Waals surface area (Å²) in [4.78, 5) is 15.9. The number of rotatable bonds is 6. The predicted molar refractivity (Wildman–Crippen MR) is 108 cm³/mol. The van der Waals surface area contributed by atoms with Crippen molar-refractivity contribution in [3.63, 3.8) is 0 Å². The predicted octanol–water partition coefficient (Wildman–Crippen LogP) is 4.02. The van der Waals surface area contributed by atoms with Gasteiger partial charge in [0.25, 0.3) is 5.91 Å². The third-order valence-electron chi connectivity index (χ3n) is 5.10. The van der Waals surface area contributed by atoms with Crippen molar-refractivity contribution in [2.75, 3.05) is 13.9 Å². The van der Waals surface area contributed by atoms with Gasteiger partial charge in [-0.05, 0) is 53.4 Å². The number of nitrogens with zero attached hydrogens (tertiary/aromatic N) is 1. The summed E-state index contributed by atoms with van der Waals surface area (Å²) in [6, 6.07) is 17.0. The van der Waals surface area contributed by atoms with Crippen molar-refractivity contribution in [3.05, 3.63) is 70.4 Å². The number of ether oxygens (including phenoxy) is 4. The molecule has 1 amide bonds. The Bertz CT molecular complexity index is 1020. The molecule has 0 aliphatic carbocycles. The van der Waals surface area contributed by atoms with Crippen LogP contribution in [0.2, 0.25) is 0 Å². The van der Waals surface area contributed by atoms with Crippen LogP contribution in [0.5, 0.6) is 23.0 Å². The third kappa shape index (κ3) is 3.27. The number of likely N-dealkylation sites (tertiary alicyclic amines) is 1. The number of hydrogen-bond donors (Lipinski definition) is 0. The summed E-state index contributed by atoms with van der Waals surface area (Å²) in [5, 5.41) is 2.02. The second kappa shape index (κ2) is 7.33. The van der Waals surface area contributed by atoms with Gasteiger partial charge in [-0.1, -0.05) is 12.1 Å². The molecule has 3 heterocycles. The fraction of sp³-hybridized carbons (Fsp3) is 0.227. The Kier molecular flexibility index (Phi) is 4.52. The van der Waals surface area contributed by atoms with E-state index in [1.165, 1.54) is 0 Å². The van der Waals surface area contributed by atoms with Gasteiger partial charge >= 0.3 is 0 Å². The number of carbonyl (C=O) groups is 1. The Labute approximate surface area is 172 Å². The fourth-order valence-electron chi connectivity index (χ4n) is 3.61. The molecule has 148 valence electrons. The van der Waals surface area contributed by atoms with Crippen LogP contribution in [0.15, 0.2) is 60.0 Å². The van der Waals surface area contributed by atoms with Crippen LogP contribution in [0.25, 0.3) is 0 Å². The zero-order valence-corrected chi connectivity index (χ0v) is 16.6. The van der Waals surface area contributed by atoms with E-state index in [2.05, 4.69) is 0 Å². The van der Waals surface area contributed by atoms with Crippen LogP contribution < -0.4 is 18.9 Å². The molecule has 2 atom stereocenters. The summed E-state index contributed by atoms with van der Waals surface area (Å²) in [5.74, 6) is 2.82. The number of thiophene rings is 1. The van der Waals surface area contributed by atoms with Crippen molar-refractivity contribution in [1.82, 2.24) is 4.90 Å². The van der Waals surface area contributed by atoms with Crippen LogP contribution in [0, 0.1) is 0 Å². The first kappa shape index (κ1) is 17.9. The molecule has 2 aromatic carbocycles. The van der Waals surface area contributed by atoms with Gasteiger partial charge in [-0.25, -0.2) is 0 Å². The number of β-lactam (4-membered cyclic amide) rings is 1. The molecular weight excluding hydrogens is 390 g/mol. The summed E-state index contributed by atoms with van der Waals surface area (Å²) in [6.45, 7) is 0.720. The van der Waals surface area contributed by atoms with Gasteiger partial charge in [-0.15, -0.1) is 11.3 Å². The van der Waals surface area contributed by atoms with Gasteiger partial charge in [0.2, 0.25) is 12.9 Å². The highest BCUT2D eigenvalue weighted by Gasteiger charge is 2.50. The van der Waals surface area contributed by atoms with Crippen molar-refractivity contribution < 1.29 is 23.7 Å². The quantitative estimate of drug-likeness (QED) is 0.576. The molecular formula is C22H19NO5S. The van der Waals surface area contributed by atoms with Crippen molar-refractivity contribution >= 4 is 17.2 Å². The van der Waals surface area contributed by atoms with E-state index in [1.54, 1.807) is 18.4 Å². The van der Waals surface area contributed by atoms with Crippen LogP contribution in [0.4, 0.5) is 0 Å². The highest BCUT2D eigenvalue weighted by Crippen LogP contribution is 2.42. The molecule has 5 rings (SSSR count). The van der Waals surface area contributed by atoms with Crippen LogP contribution in [-0.4, -0.2) is 30.8 Å². The molecule has 0 radical (unpaired) electrons. The normalized spacial score (nSPS) is 19.8. The average molecular weight is 409 g/mol. The largest absolute Gasteiger partial charge is 0.497 e. The molecule has 3 aromatic rings. The Morgan fingerprint density at radius 1 is 1.07 bits per heavy atom. The maximum atomic E-state index is 13.0. The number of carbonyl (C=O) groups excluding carboxylic acids is 1. The Balaban J connectivity index is 1.37. The first-order valence-corrected chi connectivity index (χ1v) is 10.1. The number of fused-ring (bicyclic) bond motifs is 1. The third-order valence-corrected chi connectivity index (χ3v) is 6.04. The molecule has 6 nitrogen and oxygen atoms in total. The first-order valence-electron chi connectivity index (χ1n) is 9.26. The van der Waals surface area contributed by atoms with Crippen molar-refractivity contribution in [3.8, 4) is 23.0 Å². The van der Waals surface area contributed by atoms with Crippen LogP contribution in [0.3, 0.4) is 0 Å². The van der Waals surface area contributed by atoms with E-state index >= 15 is 0 Å². The Hall–Kier alpha value is -3.19. The molecule has 2 aliphatic heterocycles. The molecule has 0 spiro atoms. The monoisotopic (exact) mass is 409 g/mol. The van der Waals surface area contributed by atoms with E-state index in [9.17, 15) is 4.79 Å². The minimum Gasteiger partial charge on any atom is -0.497 e. The van der Waals surface area contributed by atoms with Gasteiger partial charge in [0, 0.05) is 11.4 Å². The molecule has 0 bridgehead atoms. The molecule has 0 saturated carbocycles. The lowest BCUT2D eigenvalue weighted by atomic mass is 9.95. The van der Waals surface area contributed by atoms with E-state index in [1.807, 2.05) is 64.9 Å². The molecule has 1 aromatic heterocycles. The van der Waals surface area contributed by atoms with E-state index in [0.717, 1.165) is 21.9 Å². The summed E-state index contributed by atoms with van der Waals surface area (Å²) in [7, 11) is 1.62. The summed E-state index contributed by atoms with van der Waals surface area (Å²) < 4.78 is 22.1. The molecule has 29 heavy (non-hydrogen) atoms. The maximum Gasteiger partial charge on any atom is 0.267 e. The minimum absolute atomic E-state index is 0.0307. The summed E-state index contributed by atoms with van der Waals surface area (Å²) >= 11 is 1.63. The summed E-state index contributed by atoms with van der Waals surface area (Å²) in [5.41, 5.74) is 0.993. The van der Waals surface area contributed by atoms with Crippen molar-refractivity contribution in [2.24, 2.45) is 0 Å². The zero-order chi connectivity index (χ0) is 19.8. The molecule has 0 unspecified atom stereocenters. The van der Waals surface area contributed by atoms with Crippen LogP contribution >= 0.6 is 11.3 Å². The second-order valence-electron chi connectivity index (χ2n) is 6.83. The maximum absolute atomic E-state index is 13.0. The summed E-state index contributed by atoms with van der Waals surface area (Å²) in [6.07, 6.45) is -0.545. The van der Waals surface area contributed by atoms with E-state index in [0.29, 0.717) is 18.0 Å². The van der Waals surface area contributed by atoms with Crippen LogP contribution in [0.1, 0.15) is 16.5 Å². The van der Waals surface area contributed by atoms with Gasteiger partial charge < -0.3 is 23.8 Å². The van der Waals surface area contributed by atoms with Crippen molar-refractivity contribution in [1.29, 1.82) is 0 Å². The van der Waals surface area contributed by atoms with E-state index in [4.69, 9.17) is 18.9 Å². The molecule has 2 aliphatic rings. The minimum atomic E-state index is -0.545. The van der Waals surface area contributed by atoms with Gasteiger partial charge in [0.05, 0.1) is 7.11 Å². The molecule has 1 saturated heterocycles. The number of methoxy groups -OCH3 is 1. The Morgan fingerprint density at radius 3 is 2.62 bits per heavy atom. The topological polar surface area (TPSA) is 57.2 Å². The van der Waals surface area contributed by atoms with Crippen molar-refractivity contribution in [2.45, 2.75) is 18.7 Å². The van der Waals surface area contributed by atoms with Gasteiger partial charge in [-0.3, -0.25) is 4.79 Å². The molecule has 1 fully saturated rings. The van der Waals surface area contributed by atoms with Gasteiger partial charge in [0.1, 0.15) is 17.5 Å². The first-order chi connectivity index (χ1) is 14.2. The van der Waals surface area contributed by atoms with E-state index in [-0.39, 0.29) is 18.7 Å². The smallest absolute Gasteiger partial charge is 0.267 e. The Morgan fingerprint density at radius 2 is 1.86 bits per heavy atom. The standard InChI is InChI=1S/C22H19NO5S/c1-25-15-5-7-16(8-6-15)28-21-20(19-3-2-10-29-19)23(22(21)24)12-14-4-9-17-18(11-14)27-13-26-17/h2-11,20-21H,12-13H2,1H3/t20-,21-/m1/s1. The highest BCUT2D eigenvalue weighted by atomic mass is 32.1. The lowest BCUT2D eigenvalue weighted by molar-refractivity contribution is -0.165. The fourth-order valence-corrected chi connectivity index (χ4v) is 4.47.